The first-order valence-corrected chi connectivity index (χ1v) is 12.1. The molecule has 1 fully saturated rings. The number of benzene rings is 2. The second-order valence-electron chi connectivity index (χ2n) is 8.39. The third-order valence-corrected chi connectivity index (χ3v) is 6.16. The quantitative estimate of drug-likeness (QED) is 0.529. The molecule has 0 aromatic heterocycles. The normalized spacial score (nSPS) is 13.6. The van der Waals surface area contributed by atoms with Gasteiger partial charge in [-0.15, -0.1) is 0 Å². The third-order valence-electron chi connectivity index (χ3n) is 5.40. The van der Waals surface area contributed by atoms with E-state index in [1.54, 1.807) is 0 Å². The Labute approximate surface area is 215 Å². The Balaban J connectivity index is 1.52. The minimum atomic E-state index is -0.439. The van der Waals surface area contributed by atoms with Crippen LogP contribution in [0.4, 0.5) is 11.4 Å². The maximum atomic E-state index is 12.5. The van der Waals surface area contributed by atoms with E-state index in [0.717, 1.165) is 37.6 Å². The van der Waals surface area contributed by atoms with Gasteiger partial charge in [-0.05, 0) is 54.5 Å². The predicted molar refractivity (Wildman–Crippen MR) is 141 cm³/mol. The lowest BCUT2D eigenvalue weighted by Crippen LogP contribution is -2.49. The molecule has 1 heterocycles. The van der Waals surface area contributed by atoms with Gasteiger partial charge in [0.05, 0.1) is 17.2 Å². The van der Waals surface area contributed by atoms with Gasteiger partial charge in [-0.1, -0.05) is 37.0 Å². The Bertz CT molecular complexity index is 1030. The van der Waals surface area contributed by atoms with Crippen molar-refractivity contribution in [2.45, 2.75) is 20.3 Å². The summed E-state index contributed by atoms with van der Waals surface area (Å²) in [5.74, 6) is 0.465. The maximum Gasteiger partial charge on any atom is 0.257 e. The highest BCUT2D eigenvalue weighted by molar-refractivity contribution is 7.80. The molecule has 3 rings (SSSR count). The summed E-state index contributed by atoms with van der Waals surface area (Å²) in [6.07, 6.45) is 0.593. The lowest BCUT2D eigenvalue weighted by Gasteiger charge is -2.36. The fourth-order valence-corrected chi connectivity index (χ4v) is 4.52. The minimum absolute atomic E-state index is 0.151. The number of carbonyl (C=O) groups excluding carboxylic acids is 2. The smallest absolute Gasteiger partial charge is 0.257 e. The predicted octanol–water partition coefficient (Wildman–Crippen LogP) is 4.82. The molecule has 2 N–H and O–H groups in total. The van der Waals surface area contributed by atoms with E-state index in [4.69, 9.17) is 40.2 Å². The summed E-state index contributed by atoms with van der Waals surface area (Å²) in [4.78, 5) is 29.0. The Kier molecular flexibility index (Phi) is 8.99. The Hall–Kier alpha value is -2.55. The minimum Gasteiger partial charge on any atom is -0.494 e. The number of anilines is 2. The number of hydrogen-bond acceptors (Lipinski definition) is 5. The van der Waals surface area contributed by atoms with E-state index in [1.807, 2.05) is 29.2 Å². The van der Waals surface area contributed by atoms with Gasteiger partial charge in [0.2, 0.25) is 5.91 Å². The van der Waals surface area contributed by atoms with Crippen LogP contribution < -0.4 is 20.3 Å². The monoisotopic (exact) mass is 522 g/mol. The van der Waals surface area contributed by atoms with Crippen LogP contribution in [0.1, 0.15) is 30.6 Å². The topological polar surface area (TPSA) is 73.9 Å². The van der Waals surface area contributed by atoms with Crippen LogP contribution in [0.5, 0.6) is 5.75 Å². The van der Waals surface area contributed by atoms with Gasteiger partial charge in [-0.2, -0.15) is 0 Å². The van der Waals surface area contributed by atoms with E-state index in [0.29, 0.717) is 18.1 Å². The van der Waals surface area contributed by atoms with Gasteiger partial charge in [0.25, 0.3) is 5.91 Å². The van der Waals surface area contributed by atoms with Crippen molar-refractivity contribution >= 4 is 63.7 Å². The lowest BCUT2D eigenvalue weighted by molar-refractivity contribution is -0.132. The van der Waals surface area contributed by atoms with E-state index in [9.17, 15) is 9.59 Å². The SMILES string of the molecule is COc1c(Cl)cc(C(=O)NC(=S)Nc2ccc(N3CCN(C(=O)CC(C)C)CC3)cc2)cc1Cl. The molecule has 2 amide bonds. The van der Waals surface area contributed by atoms with E-state index in [1.165, 1.54) is 19.2 Å². The summed E-state index contributed by atoms with van der Waals surface area (Å²) in [6, 6.07) is 10.7. The number of piperazine rings is 1. The first kappa shape index (κ1) is 26.1. The van der Waals surface area contributed by atoms with Gasteiger partial charge in [0, 0.05) is 49.5 Å². The van der Waals surface area contributed by atoms with Gasteiger partial charge in [0.1, 0.15) is 0 Å². The number of amides is 2. The number of carbonyl (C=O) groups is 2. The van der Waals surface area contributed by atoms with E-state index < -0.39 is 5.91 Å². The number of rotatable bonds is 6. The number of methoxy groups -OCH3 is 1. The molecule has 0 atom stereocenters. The van der Waals surface area contributed by atoms with Crippen LogP contribution in [-0.4, -0.2) is 55.1 Å². The fraction of sp³-hybridized carbons (Fsp3) is 0.375. The van der Waals surface area contributed by atoms with Crippen LogP contribution in [0.2, 0.25) is 10.0 Å². The molecular formula is C24H28Cl2N4O3S. The Morgan fingerprint density at radius 1 is 1.06 bits per heavy atom. The summed E-state index contributed by atoms with van der Waals surface area (Å²) in [5.41, 5.74) is 2.07. The van der Waals surface area contributed by atoms with Crippen molar-refractivity contribution in [1.29, 1.82) is 0 Å². The van der Waals surface area contributed by atoms with Gasteiger partial charge in [-0.25, -0.2) is 0 Å². The van der Waals surface area contributed by atoms with Gasteiger partial charge >= 0.3 is 0 Å². The number of nitrogens with zero attached hydrogens (tertiary/aromatic N) is 2. The Morgan fingerprint density at radius 2 is 1.65 bits per heavy atom. The van der Waals surface area contributed by atoms with Crippen LogP contribution in [0.25, 0.3) is 0 Å². The highest BCUT2D eigenvalue weighted by Crippen LogP contribution is 2.33. The summed E-state index contributed by atoms with van der Waals surface area (Å²) >= 11 is 17.5. The lowest BCUT2D eigenvalue weighted by atomic mass is 10.1. The van der Waals surface area contributed by atoms with Crippen LogP contribution in [0, 0.1) is 5.92 Å². The summed E-state index contributed by atoms with van der Waals surface area (Å²) in [5, 5.41) is 6.24. The molecule has 0 saturated carbocycles. The maximum absolute atomic E-state index is 12.5. The molecule has 1 aliphatic rings. The molecule has 0 unspecified atom stereocenters. The number of nitrogens with one attached hydrogen (secondary N) is 2. The van der Waals surface area contributed by atoms with Gasteiger partial charge in [0.15, 0.2) is 10.9 Å². The second kappa shape index (κ2) is 11.7. The zero-order valence-electron chi connectivity index (χ0n) is 19.4. The second-order valence-corrected chi connectivity index (χ2v) is 9.62. The molecule has 0 aliphatic carbocycles. The van der Waals surface area contributed by atoms with Crippen molar-refractivity contribution in [1.82, 2.24) is 10.2 Å². The molecule has 0 radical (unpaired) electrons. The van der Waals surface area contributed by atoms with Gasteiger partial charge < -0.3 is 19.9 Å². The number of halogens is 2. The van der Waals surface area contributed by atoms with E-state index in [2.05, 4.69) is 29.4 Å². The largest absolute Gasteiger partial charge is 0.494 e. The molecule has 2 aromatic rings. The first-order chi connectivity index (χ1) is 16.2. The van der Waals surface area contributed by atoms with Crippen molar-refractivity contribution < 1.29 is 14.3 Å². The highest BCUT2D eigenvalue weighted by atomic mass is 35.5. The van der Waals surface area contributed by atoms with Crippen molar-refractivity contribution in [3.8, 4) is 5.75 Å². The highest BCUT2D eigenvalue weighted by Gasteiger charge is 2.21. The van der Waals surface area contributed by atoms with Crippen molar-refractivity contribution in [3.63, 3.8) is 0 Å². The number of hydrogen-bond donors (Lipinski definition) is 2. The molecule has 2 aromatic carbocycles. The van der Waals surface area contributed by atoms with Crippen LogP contribution in [-0.2, 0) is 4.79 Å². The molecular weight excluding hydrogens is 495 g/mol. The molecule has 10 heteroatoms. The molecule has 7 nitrogen and oxygen atoms in total. The molecule has 34 heavy (non-hydrogen) atoms. The average Bonchev–Trinajstić information content (AvgIpc) is 2.79. The van der Waals surface area contributed by atoms with Gasteiger partial charge in [-0.3, -0.25) is 14.9 Å². The molecule has 182 valence electrons. The zero-order chi connectivity index (χ0) is 24.8. The molecule has 1 saturated heterocycles. The third kappa shape index (κ3) is 6.74. The molecule has 1 aliphatic heterocycles. The van der Waals surface area contributed by atoms with E-state index in [-0.39, 0.29) is 26.6 Å². The Morgan fingerprint density at radius 3 is 2.18 bits per heavy atom. The summed E-state index contributed by atoms with van der Waals surface area (Å²) < 4.78 is 5.10. The summed E-state index contributed by atoms with van der Waals surface area (Å²) in [6.45, 7) is 7.15. The van der Waals surface area contributed by atoms with Crippen LogP contribution in [0.15, 0.2) is 36.4 Å². The first-order valence-electron chi connectivity index (χ1n) is 11.0. The van der Waals surface area contributed by atoms with E-state index >= 15 is 0 Å². The summed E-state index contributed by atoms with van der Waals surface area (Å²) in [7, 11) is 1.45. The van der Waals surface area contributed by atoms with Crippen LogP contribution in [0.3, 0.4) is 0 Å². The number of thiocarbonyl (C=S) groups is 1. The average molecular weight is 523 g/mol. The van der Waals surface area contributed by atoms with Crippen LogP contribution >= 0.6 is 35.4 Å². The number of ether oxygens (including phenoxy) is 1. The standard InChI is InChI=1S/C24H28Cl2N4O3S/c1-15(2)12-21(31)30-10-8-29(9-11-30)18-6-4-17(5-7-18)27-24(34)28-23(32)16-13-19(25)22(33-3)20(26)14-16/h4-7,13-15H,8-12H2,1-3H3,(H2,27,28,32,34). The molecule has 0 spiro atoms. The zero-order valence-corrected chi connectivity index (χ0v) is 21.7. The van der Waals surface area contributed by atoms with Crippen molar-refractivity contribution in [2.24, 2.45) is 5.92 Å². The fourth-order valence-electron chi connectivity index (χ4n) is 3.67. The van der Waals surface area contributed by atoms with Crippen molar-refractivity contribution in [2.75, 3.05) is 43.5 Å². The van der Waals surface area contributed by atoms with Crippen molar-refractivity contribution in [3.05, 3.63) is 52.0 Å². The molecule has 0 bridgehead atoms.